The molecule has 3 aliphatic rings. The molecule has 18 heteroatoms. The first-order valence-electron chi connectivity index (χ1n) is 30.9. The van der Waals surface area contributed by atoms with Crippen LogP contribution in [0.4, 0.5) is 8.78 Å². The van der Waals surface area contributed by atoms with Gasteiger partial charge in [-0.25, -0.2) is 8.78 Å². The molecule has 3 fully saturated rings. The smallest absolute Gasteiger partial charge is 0.241 e. The van der Waals surface area contributed by atoms with Crippen LogP contribution in [0.5, 0.6) is 34.5 Å². The number of carbonyl (C=O) groups is 4. The number of alkyl halides is 2. The molecule has 0 aliphatic carbocycles. The van der Waals surface area contributed by atoms with Crippen LogP contribution in [-0.4, -0.2) is 126 Å². The van der Waals surface area contributed by atoms with Crippen molar-refractivity contribution in [2.24, 2.45) is 17.8 Å². The quantitative estimate of drug-likeness (QED) is 0.0310. The molecular weight excluding hydrogens is 1160 g/mol. The molecule has 0 radical (unpaired) electrons. The average Bonchev–Trinajstić information content (AvgIpc) is 1.83. The van der Waals surface area contributed by atoms with Crippen LogP contribution in [0, 0.1) is 17.8 Å². The summed E-state index contributed by atoms with van der Waals surface area (Å²) in [5.41, 5.74) is 6.07. The van der Waals surface area contributed by atoms with E-state index in [1.165, 1.54) is 0 Å². The minimum atomic E-state index is -2.50. The second kappa shape index (κ2) is 35.3. The number of halogens is 2. The van der Waals surface area contributed by atoms with Crippen LogP contribution in [0.2, 0.25) is 0 Å². The first kappa shape index (κ1) is 70.1. The summed E-state index contributed by atoms with van der Waals surface area (Å²) in [5.74, 6) is 4.75. The van der Waals surface area contributed by atoms with Crippen LogP contribution in [0.3, 0.4) is 0 Å². The van der Waals surface area contributed by atoms with Crippen LogP contribution in [-0.2, 0) is 53.2 Å². The molecule has 3 heterocycles. The van der Waals surface area contributed by atoms with E-state index in [2.05, 4.69) is 13.5 Å². The Morgan fingerprint density at radius 3 is 0.923 bits per heavy atom. The number of methoxy groups -OCH3 is 6. The van der Waals surface area contributed by atoms with Gasteiger partial charge >= 0.3 is 0 Å². The number of likely N-dealkylation sites (tertiary alicyclic amines) is 3. The molecule has 91 heavy (non-hydrogen) atoms. The first-order valence-corrected chi connectivity index (χ1v) is 30.9. The summed E-state index contributed by atoms with van der Waals surface area (Å²) < 4.78 is 75.8. The normalized spacial score (nSPS) is 18.2. The third-order valence-corrected chi connectivity index (χ3v) is 17.3. The SMILES string of the molecule is C=CC[C@@H](OCc1ccc(OC)cc1)[C@@H]1CC(=O)N([C@H](C)c2ccc(OC)cc2)C1.COc1ccc(CO[C@H](CC(F)F)[C@@H]2CC(=O)N([C@H](C)c3ccc(OC)cc3)C2)cc1.COc1ccc(CO[C@H](CC=O)[C@@H]2CC(=O)N([C@H](C)c3ccc(OC)cc3)C2)cc1. The molecule has 3 saturated heterocycles. The second-order valence-corrected chi connectivity index (χ2v) is 23.0. The molecule has 9 rings (SSSR count). The zero-order chi connectivity index (χ0) is 65.4. The molecule has 16 nitrogen and oxygen atoms in total. The molecule has 0 saturated carbocycles. The summed E-state index contributed by atoms with van der Waals surface area (Å²) in [7, 11) is 9.75. The van der Waals surface area contributed by atoms with Crippen LogP contribution in [0.1, 0.15) is 111 Å². The van der Waals surface area contributed by atoms with Gasteiger partial charge in [0.2, 0.25) is 24.1 Å². The number of hydrogen-bond donors (Lipinski definition) is 0. The molecule has 3 aliphatic heterocycles. The van der Waals surface area contributed by atoms with Gasteiger partial charge in [-0.2, -0.15) is 0 Å². The van der Waals surface area contributed by atoms with Crippen molar-refractivity contribution in [2.45, 2.75) is 122 Å². The predicted molar refractivity (Wildman–Crippen MR) is 345 cm³/mol. The highest BCUT2D eigenvalue weighted by atomic mass is 19.3. The summed E-state index contributed by atoms with van der Waals surface area (Å²) in [4.78, 5) is 55.0. The zero-order valence-electron chi connectivity index (χ0n) is 53.9. The summed E-state index contributed by atoms with van der Waals surface area (Å²) in [6.45, 7) is 12.7. The van der Waals surface area contributed by atoms with Crippen LogP contribution < -0.4 is 28.4 Å². The second-order valence-electron chi connectivity index (χ2n) is 23.0. The maximum atomic E-state index is 13.2. The van der Waals surface area contributed by atoms with E-state index in [0.29, 0.717) is 45.7 Å². The number of nitrogens with zero attached hydrogens (tertiary/aromatic N) is 3. The Bertz CT molecular complexity index is 3050. The zero-order valence-corrected chi connectivity index (χ0v) is 53.9. The van der Waals surface area contributed by atoms with Gasteiger partial charge in [-0.05, 0) is 133 Å². The van der Waals surface area contributed by atoms with Crippen molar-refractivity contribution in [3.05, 3.63) is 192 Å². The number of aldehydes is 1. The van der Waals surface area contributed by atoms with Crippen molar-refractivity contribution in [1.29, 1.82) is 0 Å². The first-order chi connectivity index (χ1) is 44.0. The van der Waals surface area contributed by atoms with Crippen LogP contribution in [0.15, 0.2) is 158 Å². The Labute approximate surface area is 535 Å². The molecule has 0 unspecified atom stereocenters. The Balaban J connectivity index is 0.000000194. The fourth-order valence-corrected chi connectivity index (χ4v) is 11.7. The molecular formula is C73H89F2N3O13. The maximum absolute atomic E-state index is 13.2. The van der Waals surface area contributed by atoms with Gasteiger partial charge in [0.1, 0.15) is 40.8 Å². The fraction of sp³-hybridized carbons (Fsp3) is 0.425. The van der Waals surface area contributed by atoms with E-state index in [1.807, 2.05) is 163 Å². The molecule has 0 bridgehead atoms. The highest BCUT2D eigenvalue weighted by Crippen LogP contribution is 2.37. The summed E-state index contributed by atoms with van der Waals surface area (Å²) in [5, 5.41) is 0. The number of ether oxygens (including phenoxy) is 9. The Hall–Kier alpha value is -8.32. The Morgan fingerprint density at radius 1 is 0.418 bits per heavy atom. The Kier molecular flexibility index (Phi) is 27.2. The van der Waals surface area contributed by atoms with Gasteiger partial charge in [0.15, 0.2) is 0 Å². The minimum Gasteiger partial charge on any atom is -0.497 e. The van der Waals surface area contributed by atoms with Crippen LogP contribution in [0.25, 0.3) is 0 Å². The highest BCUT2D eigenvalue weighted by molar-refractivity contribution is 5.80. The topological polar surface area (TPSA) is 161 Å². The average molecular weight is 1250 g/mol. The number of benzene rings is 6. The lowest BCUT2D eigenvalue weighted by atomic mass is 9.98. The van der Waals surface area contributed by atoms with Gasteiger partial charge in [-0.1, -0.05) is 78.9 Å². The standard InChI is InChI=1S/C25H31NO4.C24H29F2NO4.C24H29NO5/c1-5-6-24(30-17-19-7-11-22(28-3)12-8-19)21-15-25(27)26(16-21)18(2)20-9-13-23(29-4)14-10-20;1-16(18-6-10-21(30-3)11-7-18)27-14-19(12-24(27)28)22(13-23(25)26)31-15-17-4-8-20(29-2)9-5-17;1-17(19-6-10-22(29-3)11-7-19)25-15-20(14-24(25)27)23(12-13-26)30-16-18-4-8-21(28-2)9-5-18/h5,7-14,18,21,24H,1,6,15-17H2,2-4H3;4-11,16,19,22-23H,12-15H2,1-3H3;4-11,13,17,20,23H,12,14-16H2,1-3H3/t18-,21-,24-;16-,19-,22-;17-,20-,23-/m111/s1. The van der Waals surface area contributed by atoms with Gasteiger partial charge in [-0.15, -0.1) is 6.58 Å². The third kappa shape index (κ3) is 20.1. The molecule has 0 N–H and O–H groups in total. The highest BCUT2D eigenvalue weighted by Gasteiger charge is 2.41. The van der Waals surface area contributed by atoms with E-state index in [4.69, 9.17) is 42.6 Å². The van der Waals surface area contributed by atoms with E-state index < -0.39 is 19.0 Å². The van der Waals surface area contributed by atoms with Crippen molar-refractivity contribution >= 4 is 24.0 Å². The van der Waals surface area contributed by atoms with E-state index in [1.54, 1.807) is 59.7 Å². The lowest BCUT2D eigenvalue weighted by molar-refractivity contribution is -0.130. The molecule has 6 aromatic carbocycles. The van der Waals surface area contributed by atoms with Gasteiger partial charge < -0.3 is 62.1 Å². The predicted octanol–water partition coefficient (Wildman–Crippen LogP) is 13.4. The summed E-state index contributed by atoms with van der Waals surface area (Å²) in [6, 6.07) is 45.8. The molecule has 0 spiro atoms. The van der Waals surface area contributed by atoms with Crippen molar-refractivity contribution in [3.63, 3.8) is 0 Å². The number of hydrogen-bond acceptors (Lipinski definition) is 13. The van der Waals surface area contributed by atoms with Gasteiger partial charge in [0, 0.05) is 69.5 Å². The monoisotopic (exact) mass is 1250 g/mol. The summed E-state index contributed by atoms with van der Waals surface area (Å²) >= 11 is 0. The van der Waals surface area contributed by atoms with Crippen LogP contribution >= 0.6 is 0 Å². The van der Waals surface area contributed by atoms with Gasteiger partial charge in [-0.3, -0.25) is 14.4 Å². The Morgan fingerprint density at radius 2 is 0.670 bits per heavy atom. The van der Waals surface area contributed by atoms with Crippen molar-refractivity contribution in [2.75, 3.05) is 62.3 Å². The van der Waals surface area contributed by atoms with E-state index in [0.717, 1.165) is 80.6 Å². The lowest BCUT2D eigenvalue weighted by Gasteiger charge is -2.27. The van der Waals surface area contributed by atoms with Gasteiger partial charge in [0.25, 0.3) is 0 Å². The molecule has 3 amide bonds. The molecule has 6 aromatic rings. The molecule has 0 aromatic heterocycles. The molecule has 488 valence electrons. The largest absolute Gasteiger partial charge is 0.497 e. The maximum Gasteiger partial charge on any atom is 0.241 e. The number of carbonyl (C=O) groups excluding carboxylic acids is 4. The van der Waals surface area contributed by atoms with E-state index in [-0.39, 0.29) is 85.3 Å². The summed E-state index contributed by atoms with van der Waals surface area (Å²) in [6.07, 6.45) is 0.934. The van der Waals surface area contributed by atoms with Crippen molar-refractivity contribution < 1.29 is 70.6 Å². The van der Waals surface area contributed by atoms with Crippen molar-refractivity contribution in [3.8, 4) is 34.5 Å². The minimum absolute atomic E-state index is 0.0124. The number of amides is 3. The number of rotatable bonds is 30. The molecule has 9 atom stereocenters. The lowest BCUT2D eigenvalue weighted by Crippen LogP contribution is -2.32. The van der Waals surface area contributed by atoms with Crippen molar-refractivity contribution in [1.82, 2.24) is 14.7 Å². The van der Waals surface area contributed by atoms with Gasteiger partial charge in [0.05, 0.1) is 98.9 Å². The van der Waals surface area contributed by atoms with E-state index >= 15 is 0 Å². The fourth-order valence-electron chi connectivity index (χ4n) is 11.7. The third-order valence-electron chi connectivity index (χ3n) is 17.3. The van der Waals surface area contributed by atoms with E-state index in [9.17, 15) is 28.0 Å².